The summed E-state index contributed by atoms with van der Waals surface area (Å²) < 4.78 is 17.5. The van der Waals surface area contributed by atoms with E-state index in [-0.39, 0.29) is 5.91 Å². The Balaban J connectivity index is 1.15. The van der Waals surface area contributed by atoms with Crippen molar-refractivity contribution in [3.05, 3.63) is 72.2 Å². The molecule has 12 heteroatoms. The van der Waals surface area contributed by atoms with Gasteiger partial charge in [-0.2, -0.15) is 5.10 Å². The van der Waals surface area contributed by atoms with Gasteiger partial charge in [0.15, 0.2) is 17.3 Å². The Morgan fingerprint density at radius 1 is 0.796 bits per heavy atom. The number of aromatic nitrogens is 3. The second-order valence-electron chi connectivity index (χ2n) is 12.6. The first kappa shape index (κ1) is 34.3. The fourth-order valence-corrected chi connectivity index (χ4v) is 6.52. The predicted octanol–water partition coefficient (Wildman–Crippen LogP) is 3.80. The number of piperazine rings is 2. The molecule has 0 aliphatic carbocycles. The molecule has 2 aliphatic heterocycles. The van der Waals surface area contributed by atoms with Crippen molar-refractivity contribution in [2.45, 2.75) is 19.8 Å². The van der Waals surface area contributed by atoms with Crippen LogP contribution in [0.1, 0.15) is 24.6 Å². The Labute approximate surface area is 289 Å². The highest BCUT2D eigenvalue weighted by molar-refractivity contribution is 5.96. The van der Waals surface area contributed by atoms with E-state index in [4.69, 9.17) is 24.4 Å². The fraction of sp³-hybridized carbons (Fsp3) is 0.459. The van der Waals surface area contributed by atoms with E-state index < -0.39 is 0 Å². The normalized spacial score (nSPS) is 16.1. The molecule has 2 aromatic heterocycles. The van der Waals surface area contributed by atoms with Crippen LogP contribution in [-0.2, 0) is 11.2 Å². The minimum absolute atomic E-state index is 0.0403. The molecule has 0 saturated carbocycles. The lowest BCUT2D eigenvalue weighted by Crippen LogP contribution is -2.49. The van der Waals surface area contributed by atoms with Crippen LogP contribution in [0.3, 0.4) is 0 Å². The Hall–Kier alpha value is -4.52. The minimum Gasteiger partial charge on any atom is -0.497 e. The summed E-state index contributed by atoms with van der Waals surface area (Å²) in [6, 6.07) is 15.5. The lowest BCUT2D eigenvalue weighted by molar-refractivity contribution is -0.117. The first-order valence-electron chi connectivity index (χ1n) is 17.3. The van der Waals surface area contributed by atoms with Gasteiger partial charge in [-0.15, -0.1) is 5.10 Å². The number of pyridine rings is 1. The summed E-state index contributed by atoms with van der Waals surface area (Å²) in [5.74, 6) is 2.93. The van der Waals surface area contributed by atoms with Crippen LogP contribution < -0.4 is 24.4 Å². The van der Waals surface area contributed by atoms with Gasteiger partial charge in [0.25, 0.3) is 0 Å². The van der Waals surface area contributed by atoms with Gasteiger partial charge in [-0.3, -0.25) is 14.7 Å². The summed E-state index contributed by atoms with van der Waals surface area (Å²) in [5.41, 5.74) is 2.73. The molecule has 4 heterocycles. The standard InChI is InChI=1S/C37H48N8O4/c1-4-42-15-17-43(18-16-42)14-5-23-49-35-26-32-31(25-34(35)48-3)33(24-28-10-12-38-13-11-28)40-41-37(32)45-21-19-44(20-22-45)27-36(46)39-29-6-8-30(47-2)9-7-29/h6-13,25-26H,4-5,14-24,27H2,1-3H3,(H,39,46). The van der Waals surface area contributed by atoms with Gasteiger partial charge in [-0.1, -0.05) is 6.92 Å². The van der Waals surface area contributed by atoms with Crippen LogP contribution in [0.2, 0.25) is 0 Å². The zero-order valence-corrected chi connectivity index (χ0v) is 28.9. The zero-order chi connectivity index (χ0) is 34.0. The number of nitrogens with zero attached hydrogens (tertiary/aromatic N) is 7. The van der Waals surface area contributed by atoms with E-state index >= 15 is 0 Å². The quantitative estimate of drug-likeness (QED) is 0.198. The first-order valence-corrected chi connectivity index (χ1v) is 17.3. The maximum Gasteiger partial charge on any atom is 0.238 e. The Kier molecular flexibility index (Phi) is 11.7. The molecular formula is C37H48N8O4. The summed E-state index contributed by atoms with van der Waals surface area (Å²) in [7, 11) is 3.31. The average molecular weight is 669 g/mol. The van der Waals surface area contributed by atoms with E-state index in [1.165, 1.54) is 0 Å². The summed E-state index contributed by atoms with van der Waals surface area (Å²) in [4.78, 5) is 26.4. The molecular weight excluding hydrogens is 620 g/mol. The molecule has 0 bridgehead atoms. The third-order valence-corrected chi connectivity index (χ3v) is 9.44. The summed E-state index contributed by atoms with van der Waals surface area (Å²) in [6.07, 6.45) is 5.16. The van der Waals surface area contributed by atoms with E-state index in [0.29, 0.717) is 31.1 Å². The van der Waals surface area contributed by atoms with E-state index in [1.54, 1.807) is 26.6 Å². The monoisotopic (exact) mass is 668 g/mol. The lowest BCUT2D eigenvalue weighted by atomic mass is 10.0. The topological polar surface area (TPSA) is 108 Å². The second-order valence-corrected chi connectivity index (χ2v) is 12.6. The number of ether oxygens (including phenoxy) is 3. The number of methoxy groups -OCH3 is 2. The number of rotatable bonds is 14. The molecule has 4 aromatic rings. The first-order chi connectivity index (χ1) is 24.0. The van der Waals surface area contributed by atoms with E-state index in [0.717, 1.165) is 111 Å². The maximum atomic E-state index is 12.8. The van der Waals surface area contributed by atoms with Crippen molar-refractivity contribution in [3.63, 3.8) is 0 Å². The highest BCUT2D eigenvalue weighted by Crippen LogP contribution is 2.38. The van der Waals surface area contributed by atoms with Gasteiger partial charge >= 0.3 is 0 Å². The zero-order valence-electron chi connectivity index (χ0n) is 28.9. The van der Waals surface area contributed by atoms with Crippen LogP contribution >= 0.6 is 0 Å². The molecule has 6 rings (SSSR count). The number of amides is 1. The molecule has 0 atom stereocenters. The number of nitrogens with one attached hydrogen (secondary N) is 1. The molecule has 12 nitrogen and oxygen atoms in total. The highest BCUT2D eigenvalue weighted by Gasteiger charge is 2.24. The third kappa shape index (κ3) is 8.94. The molecule has 260 valence electrons. The van der Waals surface area contributed by atoms with Crippen molar-refractivity contribution in [1.29, 1.82) is 0 Å². The maximum absolute atomic E-state index is 12.8. The van der Waals surface area contributed by atoms with Crippen LogP contribution in [0, 0.1) is 0 Å². The van der Waals surface area contributed by atoms with Gasteiger partial charge in [0.2, 0.25) is 5.91 Å². The number of hydrogen-bond donors (Lipinski definition) is 1. The van der Waals surface area contributed by atoms with Gasteiger partial charge in [0.05, 0.1) is 33.1 Å². The second kappa shape index (κ2) is 16.7. The van der Waals surface area contributed by atoms with Crippen molar-refractivity contribution in [2.24, 2.45) is 0 Å². The van der Waals surface area contributed by atoms with Gasteiger partial charge in [-0.05, 0) is 67.1 Å². The van der Waals surface area contributed by atoms with Crippen molar-refractivity contribution in [3.8, 4) is 17.2 Å². The smallest absolute Gasteiger partial charge is 0.238 e. The Morgan fingerprint density at radius 3 is 2.18 bits per heavy atom. The molecule has 0 spiro atoms. The fourth-order valence-electron chi connectivity index (χ4n) is 6.52. The summed E-state index contributed by atoms with van der Waals surface area (Å²) in [5, 5.41) is 14.5. The van der Waals surface area contributed by atoms with Crippen LogP contribution in [0.5, 0.6) is 17.2 Å². The van der Waals surface area contributed by atoms with Crippen LogP contribution in [0.15, 0.2) is 60.9 Å². The highest BCUT2D eigenvalue weighted by atomic mass is 16.5. The van der Waals surface area contributed by atoms with Gasteiger partial charge in [0, 0.05) is 94.2 Å². The van der Waals surface area contributed by atoms with Crippen LogP contribution in [0.25, 0.3) is 10.8 Å². The molecule has 1 amide bonds. The van der Waals surface area contributed by atoms with Crippen LogP contribution in [-0.4, -0.2) is 129 Å². The van der Waals surface area contributed by atoms with Crippen molar-refractivity contribution in [2.75, 3.05) is 103 Å². The Bertz CT molecular complexity index is 1660. The molecule has 0 radical (unpaired) electrons. The summed E-state index contributed by atoms with van der Waals surface area (Å²) >= 11 is 0. The molecule has 2 aliphatic rings. The van der Waals surface area contributed by atoms with E-state index in [1.807, 2.05) is 42.5 Å². The molecule has 1 N–H and O–H groups in total. The molecule has 2 saturated heterocycles. The minimum atomic E-state index is -0.0403. The van der Waals surface area contributed by atoms with Crippen molar-refractivity contribution >= 4 is 28.2 Å². The number of carbonyl (C=O) groups excluding carboxylic acids is 1. The van der Waals surface area contributed by atoms with Crippen LogP contribution in [0.4, 0.5) is 11.5 Å². The van der Waals surface area contributed by atoms with Crippen molar-refractivity contribution in [1.82, 2.24) is 29.9 Å². The van der Waals surface area contributed by atoms with Gasteiger partial charge < -0.3 is 34.2 Å². The van der Waals surface area contributed by atoms with E-state index in [2.05, 4.69) is 42.9 Å². The molecule has 2 aromatic carbocycles. The Morgan fingerprint density at radius 2 is 1.49 bits per heavy atom. The summed E-state index contributed by atoms with van der Waals surface area (Å²) in [6.45, 7) is 12.7. The number of benzene rings is 2. The number of fused-ring (bicyclic) bond motifs is 1. The third-order valence-electron chi connectivity index (χ3n) is 9.44. The number of likely N-dealkylation sites (N-methyl/N-ethyl adjacent to an activating group) is 1. The van der Waals surface area contributed by atoms with Gasteiger partial charge in [-0.25, -0.2) is 0 Å². The SMILES string of the molecule is CCN1CCN(CCCOc2cc3c(N4CCN(CC(=O)Nc5ccc(OC)cc5)CC4)nnc(Cc4ccncc4)c3cc2OC)CC1. The molecule has 0 unspecified atom stereocenters. The van der Waals surface area contributed by atoms with E-state index in [9.17, 15) is 4.79 Å². The van der Waals surface area contributed by atoms with Crippen molar-refractivity contribution < 1.29 is 19.0 Å². The largest absolute Gasteiger partial charge is 0.497 e. The number of carbonyl (C=O) groups is 1. The molecule has 2 fully saturated rings. The van der Waals surface area contributed by atoms with Gasteiger partial charge in [0.1, 0.15) is 5.75 Å². The number of anilines is 2. The predicted molar refractivity (Wildman–Crippen MR) is 192 cm³/mol. The lowest BCUT2D eigenvalue weighted by Gasteiger charge is -2.35. The molecule has 49 heavy (non-hydrogen) atoms. The average Bonchev–Trinajstić information content (AvgIpc) is 3.14. The number of hydrogen-bond acceptors (Lipinski definition) is 11.